The molecule has 2 aliphatic rings. The number of rotatable bonds is 18. The van der Waals surface area contributed by atoms with Gasteiger partial charge in [0.05, 0.1) is 49.2 Å². The summed E-state index contributed by atoms with van der Waals surface area (Å²) in [6.45, 7) is 12.4. The van der Waals surface area contributed by atoms with E-state index in [1.165, 1.54) is 11.2 Å². The molecule has 51 heavy (non-hydrogen) atoms. The van der Waals surface area contributed by atoms with Crippen LogP contribution in [0.25, 0.3) is 0 Å². The van der Waals surface area contributed by atoms with Gasteiger partial charge in [-0.1, -0.05) is 48.0 Å². The summed E-state index contributed by atoms with van der Waals surface area (Å²) in [6, 6.07) is 20.7. The van der Waals surface area contributed by atoms with Gasteiger partial charge in [0.2, 0.25) is 10.0 Å². The van der Waals surface area contributed by atoms with E-state index >= 15 is 0 Å². The molecule has 1 saturated heterocycles. The third kappa shape index (κ3) is 10.4. The Bertz CT molecular complexity index is 1660. The second-order valence-corrected chi connectivity index (χ2v) is 15.5. The summed E-state index contributed by atoms with van der Waals surface area (Å²) < 4.78 is 59.3. The molecule has 2 aliphatic heterocycles. The Morgan fingerprint density at radius 3 is 2.47 bits per heavy atom. The zero-order valence-corrected chi connectivity index (χ0v) is 31.5. The topological polar surface area (TPSA) is 104 Å². The van der Waals surface area contributed by atoms with E-state index in [0.29, 0.717) is 46.1 Å². The van der Waals surface area contributed by atoms with Gasteiger partial charge in [-0.2, -0.15) is 4.31 Å². The molecule has 4 atom stereocenters. The molecule has 0 bridgehead atoms. The van der Waals surface area contributed by atoms with Crippen LogP contribution in [-0.2, 0) is 47.0 Å². The number of aryl methyl sites for hydroxylation is 1. The van der Waals surface area contributed by atoms with E-state index in [1.807, 2.05) is 32.9 Å². The SMILES string of the molecule is CCO[C@H](C)COCc1ccc([C@H]2C[C@H](CC(C)=O)N(S(=O)(=O)c3ccc(C)cc3)C[C@@H]2OCc2ccc3c(c2)N(CCCOC)CCO3)cc1. The predicted octanol–water partition coefficient (Wildman–Crippen LogP) is 6.28. The van der Waals surface area contributed by atoms with E-state index in [1.54, 1.807) is 31.4 Å². The summed E-state index contributed by atoms with van der Waals surface area (Å²) in [6.07, 6.45) is 1.04. The van der Waals surface area contributed by atoms with Crippen molar-refractivity contribution in [2.24, 2.45) is 0 Å². The minimum absolute atomic E-state index is 0.0214. The van der Waals surface area contributed by atoms with Gasteiger partial charge < -0.3 is 28.6 Å². The number of benzene rings is 3. The fourth-order valence-electron chi connectivity index (χ4n) is 6.97. The van der Waals surface area contributed by atoms with Gasteiger partial charge in [0.15, 0.2) is 0 Å². The van der Waals surface area contributed by atoms with Crippen LogP contribution in [-0.4, -0.2) is 89.9 Å². The van der Waals surface area contributed by atoms with Crippen molar-refractivity contribution in [3.8, 4) is 5.75 Å². The summed E-state index contributed by atoms with van der Waals surface area (Å²) in [5.41, 5.74) is 5.04. The minimum Gasteiger partial charge on any atom is -0.490 e. The highest BCUT2D eigenvalue weighted by Gasteiger charge is 2.43. The van der Waals surface area contributed by atoms with Crippen LogP contribution in [0.3, 0.4) is 0 Å². The second kappa shape index (κ2) is 18.4. The summed E-state index contributed by atoms with van der Waals surface area (Å²) in [5, 5.41) is 0. The molecular weight excluding hydrogens is 669 g/mol. The molecule has 0 radical (unpaired) electrons. The maximum Gasteiger partial charge on any atom is 0.243 e. The third-order valence-electron chi connectivity index (χ3n) is 9.60. The van der Waals surface area contributed by atoms with Crippen LogP contribution < -0.4 is 9.64 Å². The number of piperidine rings is 1. The summed E-state index contributed by atoms with van der Waals surface area (Å²) in [7, 11) is -2.20. The molecule has 0 unspecified atom stereocenters. The Balaban J connectivity index is 1.41. The molecule has 278 valence electrons. The highest BCUT2D eigenvalue weighted by molar-refractivity contribution is 7.89. The number of nitrogens with zero attached hydrogens (tertiary/aromatic N) is 2. The number of anilines is 1. The molecule has 0 spiro atoms. The molecule has 0 aliphatic carbocycles. The highest BCUT2D eigenvalue weighted by atomic mass is 32.2. The van der Waals surface area contributed by atoms with Crippen molar-refractivity contribution in [3.63, 3.8) is 0 Å². The standard InChI is InChI=1S/C40H54N2O8S/c1-6-48-31(4)26-47-27-32-10-13-34(14-11-32)37-24-35(22-30(3)43)42(51(44,45)36-15-8-29(2)9-16-36)25-40(37)50-28-33-12-17-39-38(23-33)41(19-21-49-39)18-7-20-46-5/h8-17,23,31,35,37,40H,6-7,18-22,24-28H2,1-5H3/t31-,35+,37-,40+/m1/s1. The first kappa shape index (κ1) is 38.9. The molecule has 3 aromatic rings. The van der Waals surface area contributed by atoms with Gasteiger partial charge in [0, 0.05) is 51.8 Å². The zero-order chi connectivity index (χ0) is 36.4. The number of hydrogen-bond acceptors (Lipinski definition) is 9. The lowest BCUT2D eigenvalue weighted by atomic mass is 9.82. The van der Waals surface area contributed by atoms with Crippen molar-refractivity contribution >= 4 is 21.5 Å². The van der Waals surface area contributed by atoms with Crippen LogP contribution >= 0.6 is 0 Å². The van der Waals surface area contributed by atoms with Gasteiger partial charge in [0.25, 0.3) is 0 Å². The normalized spacial score (nSPS) is 20.1. The molecule has 10 nitrogen and oxygen atoms in total. The lowest BCUT2D eigenvalue weighted by Crippen LogP contribution is -2.52. The van der Waals surface area contributed by atoms with Crippen molar-refractivity contribution in [2.45, 2.75) is 89.2 Å². The second-order valence-electron chi connectivity index (χ2n) is 13.6. The number of methoxy groups -OCH3 is 1. The summed E-state index contributed by atoms with van der Waals surface area (Å²) in [4.78, 5) is 15.1. The maximum absolute atomic E-state index is 14.2. The highest BCUT2D eigenvalue weighted by Crippen LogP contribution is 2.39. The maximum atomic E-state index is 14.2. The van der Waals surface area contributed by atoms with Crippen molar-refractivity contribution in [1.82, 2.24) is 4.31 Å². The van der Waals surface area contributed by atoms with Gasteiger partial charge in [-0.3, -0.25) is 4.79 Å². The monoisotopic (exact) mass is 722 g/mol. The van der Waals surface area contributed by atoms with Crippen LogP contribution in [0, 0.1) is 6.92 Å². The summed E-state index contributed by atoms with van der Waals surface area (Å²) >= 11 is 0. The van der Waals surface area contributed by atoms with Crippen molar-refractivity contribution < 1.29 is 36.9 Å². The Labute approximate surface area is 304 Å². The number of ether oxygens (including phenoxy) is 5. The fourth-order valence-corrected chi connectivity index (χ4v) is 8.62. The number of sulfonamides is 1. The van der Waals surface area contributed by atoms with Gasteiger partial charge >= 0.3 is 0 Å². The van der Waals surface area contributed by atoms with E-state index in [2.05, 4.69) is 35.2 Å². The smallest absolute Gasteiger partial charge is 0.243 e. The van der Waals surface area contributed by atoms with E-state index in [9.17, 15) is 13.2 Å². The lowest BCUT2D eigenvalue weighted by molar-refractivity contribution is -0.118. The minimum atomic E-state index is -3.91. The first-order chi connectivity index (χ1) is 24.6. The number of fused-ring (bicyclic) bond motifs is 1. The van der Waals surface area contributed by atoms with Gasteiger partial charge in [-0.05, 0) is 81.5 Å². The largest absolute Gasteiger partial charge is 0.490 e. The molecule has 0 saturated carbocycles. The van der Waals surface area contributed by atoms with E-state index in [0.717, 1.165) is 53.2 Å². The van der Waals surface area contributed by atoms with Gasteiger partial charge in [0.1, 0.15) is 18.1 Å². The van der Waals surface area contributed by atoms with Crippen LogP contribution in [0.15, 0.2) is 71.6 Å². The molecular formula is C40H54N2O8S. The number of hydrogen-bond donors (Lipinski definition) is 0. The average molecular weight is 723 g/mol. The van der Waals surface area contributed by atoms with Gasteiger partial charge in [-0.15, -0.1) is 0 Å². The molecule has 3 aromatic carbocycles. The molecule has 1 fully saturated rings. The molecule has 0 N–H and O–H groups in total. The average Bonchev–Trinajstić information content (AvgIpc) is 3.11. The van der Waals surface area contributed by atoms with E-state index < -0.39 is 22.2 Å². The first-order valence-corrected chi connectivity index (χ1v) is 19.5. The number of carbonyl (C=O) groups is 1. The molecule has 11 heteroatoms. The molecule has 0 aromatic heterocycles. The van der Waals surface area contributed by atoms with Crippen molar-refractivity contribution in [1.29, 1.82) is 0 Å². The number of Topliss-reactive ketones (excluding diaryl/α,β-unsaturated/α-hetero) is 1. The van der Waals surface area contributed by atoms with E-state index in [-0.39, 0.29) is 35.7 Å². The van der Waals surface area contributed by atoms with Crippen LogP contribution in [0.4, 0.5) is 5.69 Å². The molecule has 0 amide bonds. The zero-order valence-electron chi connectivity index (χ0n) is 30.7. The first-order valence-electron chi connectivity index (χ1n) is 18.1. The predicted molar refractivity (Wildman–Crippen MR) is 198 cm³/mol. The lowest BCUT2D eigenvalue weighted by Gasteiger charge is -2.43. The fraction of sp³-hybridized carbons (Fsp3) is 0.525. The Morgan fingerprint density at radius 2 is 1.76 bits per heavy atom. The van der Waals surface area contributed by atoms with E-state index in [4.69, 9.17) is 23.7 Å². The van der Waals surface area contributed by atoms with Crippen molar-refractivity contribution in [3.05, 3.63) is 89.0 Å². The van der Waals surface area contributed by atoms with Gasteiger partial charge in [-0.25, -0.2) is 8.42 Å². The Morgan fingerprint density at radius 1 is 1.02 bits per heavy atom. The third-order valence-corrected chi connectivity index (χ3v) is 11.5. The van der Waals surface area contributed by atoms with Crippen LogP contribution in [0.1, 0.15) is 68.2 Å². The Kier molecular flexibility index (Phi) is 14.1. The number of carbonyl (C=O) groups excluding carboxylic acids is 1. The molecule has 2 heterocycles. The Hall–Kier alpha value is -3.32. The molecule has 5 rings (SSSR count). The van der Waals surface area contributed by atoms with Crippen molar-refractivity contribution in [2.75, 3.05) is 58.1 Å². The summed E-state index contributed by atoms with van der Waals surface area (Å²) in [5.74, 6) is 0.650. The quantitative estimate of drug-likeness (QED) is 0.140. The van der Waals surface area contributed by atoms with Crippen LogP contribution in [0.2, 0.25) is 0 Å². The number of ketones is 1. The van der Waals surface area contributed by atoms with Crippen LogP contribution in [0.5, 0.6) is 5.75 Å².